The summed E-state index contributed by atoms with van der Waals surface area (Å²) in [6.07, 6.45) is 1.03. The summed E-state index contributed by atoms with van der Waals surface area (Å²) in [6, 6.07) is 22.1. The number of methoxy groups -OCH3 is 2. The molecule has 1 aliphatic heterocycles. The zero-order valence-corrected chi connectivity index (χ0v) is 18.6. The third-order valence-corrected chi connectivity index (χ3v) is 6.10. The Labute approximate surface area is 191 Å². The normalized spacial score (nSPS) is 18.3. The molecule has 32 heavy (non-hydrogen) atoms. The first kappa shape index (κ1) is 21.8. The van der Waals surface area contributed by atoms with Crippen LogP contribution in [0.1, 0.15) is 11.1 Å². The summed E-state index contributed by atoms with van der Waals surface area (Å²) in [7, 11) is 3.26. The molecule has 3 aromatic rings. The van der Waals surface area contributed by atoms with Crippen LogP contribution in [0, 0.1) is 0 Å². The fourth-order valence-electron chi connectivity index (χ4n) is 3.27. The first-order valence-electron chi connectivity index (χ1n) is 10.0. The van der Waals surface area contributed by atoms with Gasteiger partial charge in [0.2, 0.25) is 0 Å². The van der Waals surface area contributed by atoms with Crippen LogP contribution in [-0.2, 0) is 6.54 Å². The van der Waals surface area contributed by atoms with E-state index in [1.807, 2.05) is 54.6 Å². The highest BCUT2D eigenvalue weighted by molar-refractivity contribution is 8.18. The number of phenols is 1. The van der Waals surface area contributed by atoms with Crippen molar-refractivity contribution < 1.29 is 19.7 Å². The van der Waals surface area contributed by atoms with Crippen molar-refractivity contribution in [2.75, 3.05) is 19.1 Å². The summed E-state index contributed by atoms with van der Waals surface area (Å²) < 4.78 is 10.5. The number of rotatable bonds is 6. The predicted molar refractivity (Wildman–Crippen MR) is 129 cm³/mol. The molecule has 0 radical (unpaired) electrons. The van der Waals surface area contributed by atoms with Gasteiger partial charge >= 0.3 is 0 Å². The molecular weight excluding hydrogens is 424 g/mol. The number of aliphatic imine (C=N–C) groups is 1. The average molecular weight is 449 g/mol. The summed E-state index contributed by atoms with van der Waals surface area (Å²) in [5.74, 6) is 1.74. The van der Waals surface area contributed by atoms with Gasteiger partial charge in [-0.05, 0) is 65.7 Å². The van der Waals surface area contributed by atoms with Crippen LogP contribution >= 0.6 is 11.8 Å². The summed E-state index contributed by atoms with van der Waals surface area (Å²) in [5, 5.41) is 21.4. The minimum Gasteiger partial charge on any atom is -0.508 e. The van der Waals surface area contributed by atoms with Gasteiger partial charge in [-0.15, -0.1) is 0 Å². The molecule has 6 nitrogen and oxygen atoms in total. The Morgan fingerprint density at radius 3 is 2.09 bits per heavy atom. The van der Waals surface area contributed by atoms with E-state index in [0.717, 1.165) is 33.2 Å². The number of hydrogen-bond donors (Lipinski definition) is 2. The van der Waals surface area contributed by atoms with E-state index >= 15 is 0 Å². The van der Waals surface area contributed by atoms with Crippen LogP contribution in [0.25, 0.3) is 6.08 Å². The Hall–Kier alpha value is -3.42. The van der Waals surface area contributed by atoms with E-state index < -0.39 is 6.23 Å². The minimum absolute atomic E-state index is 0.202. The number of aliphatic hydroxyl groups excluding tert-OH is 1. The van der Waals surface area contributed by atoms with Gasteiger partial charge < -0.3 is 19.7 Å². The van der Waals surface area contributed by atoms with Crippen molar-refractivity contribution in [1.82, 2.24) is 0 Å². The number of aromatic hydroxyl groups is 1. The van der Waals surface area contributed by atoms with Gasteiger partial charge in [0.1, 0.15) is 17.2 Å². The third-order valence-electron chi connectivity index (χ3n) is 5.02. The Morgan fingerprint density at radius 2 is 1.50 bits per heavy atom. The van der Waals surface area contributed by atoms with Gasteiger partial charge in [0.15, 0.2) is 11.4 Å². The quantitative estimate of drug-likeness (QED) is 0.560. The summed E-state index contributed by atoms with van der Waals surface area (Å²) in [4.78, 5) is 7.35. The summed E-state index contributed by atoms with van der Waals surface area (Å²) >= 11 is 1.43. The molecule has 1 fully saturated rings. The summed E-state index contributed by atoms with van der Waals surface area (Å²) in [5.41, 5.74) is 2.74. The first-order valence-corrected chi connectivity index (χ1v) is 10.9. The van der Waals surface area contributed by atoms with E-state index in [1.54, 1.807) is 43.4 Å². The van der Waals surface area contributed by atoms with Gasteiger partial charge in [-0.2, -0.15) is 0 Å². The molecule has 2 N–H and O–H groups in total. The van der Waals surface area contributed by atoms with Crippen molar-refractivity contribution in [3.05, 3.63) is 88.8 Å². The Balaban J connectivity index is 1.65. The van der Waals surface area contributed by atoms with Gasteiger partial charge in [-0.1, -0.05) is 36.0 Å². The van der Waals surface area contributed by atoms with Gasteiger partial charge in [0.25, 0.3) is 0 Å². The maximum atomic E-state index is 11.1. The summed E-state index contributed by atoms with van der Waals surface area (Å²) in [6.45, 7) is 0.470. The van der Waals surface area contributed by atoms with Crippen molar-refractivity contribution in [1.29, 1.82) is 0 Å². The molecule has 0 bridgehead atoms. The highest BCUT2D eigenvalue weighted by Gasteiger charge is 2.34. The SMILES string of the molecule is COc1ccc(C/N=C2\S/C(=C\c3ccc(O)cc3)C(O)N2c2ccc(OC)cc2)cc1. The van der Waals surface area contributed by atoms with Gasteiger partial charge in [0, 0.05) is 10.6 Å². The number of hydrogen-bond acceptors (Lipinski definition) is 6. The van der Waals surface area contributed by atoms with Crippen molar-refractivity contribution in [2.45, 2.75) is 12.8 Å². The van der Waals surface area contributed by atoms with Crippen LogP contribution in [0.15, 0.2) is 82.7 Å². The first-order chi connectivity index (χ1) is 15.6. The lowest BCUT2D eigenvalue weighted by Crippen LogP contribution is -2.33. The second kappa shape index (κ2) is 9.80. The molecule has 0 spiro atoms. The zero-order chi connectivity index (χ0) is 22.5. The van der Waals surface area contributed by atoms with Crippen LogP contribution in [-0.4, -0.2) is 35.8 Å². The number of anilines is 1. The molecule has 0 aliphatic carbocycles. The number of phenolic OH excluding ortho intramolecular Hbond substituents is 1. The van der Waals surface area contributed by atoms with E-state index in [2.05, 4.69) is 0 Å². The molecule has 7 heteroatoms. The maximum Gasteiger partial charge on any atom is 0.171 e. The fourth-order valence-corrected chi connectivity index (χ4v) is 4.32. The molecule has 0 amide bonds. The lowest BCUT2D eigenvalue weighted by molar-refractivity contribution is 0.233. The van der Waals surface area contributed by atoms with Crippen LogP contribution in [0.5, 0.6) is 17.2 Å². The van der Waals surface area contributed by atoms with Crippen molar-refractivity contribution in [3.8, 4) is 17.2 Å². The van der Waals surface area contributed by atoms with Gasteiger partial charge in [0.05, 0.1) is 20.8 Å². The zero-order valence-electron chi connectivity index (χ0n) is 17.8. The Morgan fingerprint density at radius 1 is 0.906 bits per heavy atom. The lowest BCUT2D eigenvalue weighted by Gasteiger charge is -2.22. The lowest BCUT2D eigenvalue weighted by atomic mass is 10.2. The van der Waals surface area contributed by atoms with Crippen molar-refractivity contribution in [3.63, 3.8) is 0 Å². The van der Waals surface area contributed by atoms with E-state index in [9.17, 15) is 10.2 Å². The Bertz CT molecular complexity index is 1110. The topological polar surface area (TPSA) is 74.5 Å². The number of benzene rings is 3. The minimum atomic E-state index is -0.878. The molecule has 1 saturated heterocycles. The van der Waals surface area contributed by atoms with Crippen molar-refractivity contribution >= 4 is 28.7 Å². The molecule has 1 aliphatic rings. The van der Waals surface area contributed by atoms with Crippen molar-refractivity contribution in [2.24, 2.45) is 4.99 Å². The number of nitrogens with zero attached hydrogens (tertiary/aromatic N) is 2. The second-order valence-corrected chi connectivity index (χ2v) is 8.17. The van der Waals surface area contributed by atoms with E-state index in [4.69, 9.17) is 14.5 Å². The standard InChI is InChI=1S/C25H24N2O4S/c1-30-21-11-5-18(6-12-21)16-26-25-27(19-7-13-22(31-2)14-8-19)24(29)23(32-25)15-17-3-9-20(28)10-4-17/h3-15,24,28-29H,16H2,1-2H3/b23-15-,26-25-. The van der Waals surface area contributed by atoms with Gasteiger partial charge in [-0.3, -0.25) is 9.89 Å². The largest absolute Gasteiger partial charge is 0.508 e. The number of amidine groups is 1. The number of ether oxygens (including phenoxy) is 2. The molecular formula is C25H24N2O4S. The molecule has 1 unspecified atom stereocenters. The molecule has 3 aromatic carbocycles. The molecule has 4 rings (SSSR count). The maximum absolute atomic E-state index is 11.1. The highest BCUT2D eigenvalue weighted by atomic mass is 32.2. The monoisotopic (exact) mass is 448 g/mol. The smallest absolute Gasteiger partial charge is 0.171 e. The van der Waals surface area contributed by atoms with Crippen LogP contribution < -0.4 is 14.4 Å². The molecule has 0 aromatic heterocycles. The third kappa shape index (κ3) is 4.90. The average Bonchev–Trinajstić information content (AvgIpc) is 3.14. The Kier molecular flexibility index (Phi) is 6.68. The van der Waals surface area contributed by atoms with Gasteiger partial charge in [-0.25, -0.2) is 0 Å². The molecule has 164 valence electrons. The second-order valence-electron chi connectivity index (χ2n) is 7.13. The molecule has 0 saturated carbocycles. The number of aliphatic hydroxyl groups is 1. The van der Waals surface area contributed by atoms with Crippen LogP contribution in [0.2, 0.25) is 0 Å². The highest BCUT2D eigenvalue weighted by Crippen LogP contribution is 2.39. The van der Waals surface area contributed by atoms with E-state index in [-0.39, 0.29) is 5.75 Å². The molecule has 1 heterocycles. The van der Waals surface area contributed by atoms with E-state index in [0.29, 0.717) is 11.7 Å². The van der Waals surface area contributed by atoms with E-state index in [1.165, 1.54) is 11.8 Å². The number of thioether (sulfide) groups is 1. The predicted octanol–water partition coefficient (Wildman–Crippen LogP) is 4.88. The fraction of sp³-hybridized carbons (Fsp3) is 0.160. The van der Waals surface area contributed by atoms with Crippen LogP contribution in [0.4, 0.5) is 5.69 Å². The molecule has 1 atom stereocenters. The van der Waals surface area contributed by atoms with Crippen LogP contribution in [0.3, 0.4) is 0 Å².